The van der Waals surface area contributed by atoms with Crippen LogP contribution in [0.2, 0.25) is 5.02 Å². The van der Waals surface area contributed by atoms with Crippen molar-refractivity contribution >= 4 is 45.9 Å². The number of halogens is 3. The van der Waals surface area contributed by atoms with Crippen molar-refractivity contribution in [3.8, 4) is 0 Å². The Morgan fingerprint density at radius 2 is 2.06 bits per heavy atom. The number of benzene rings is 1. The second-order valence-corrected chi connectivity index (χ2v) is 4.11. The smallest absolute Gasteiger partial charge is 0.317 e. The molecule has 0 bridgehead atoms. The number of oxime groups is 1. The van der Waals surface area contributed by atoms with E-state index in [0.717, 1.165) is 0 Å². The van der Waals surface area contributed by atoms with Gasteiger partial charge in [0.25, 0.3) is 0 Å². The molecule has 86 valence electrons. The fraction of sp³-hybridized carbons (Fsp3) is 0.200. The Hall–Kier alpha value is -0.770. The van der Waals surface area contributed by atoms with Crippen molar-refractivity contribution in [3.05, 3.63) is 34.9 Å². The van der Waals surface area contributed by atoms with Crippen LogP contribution in [-0.4, -0.2) is 11.1 Å². The lowest BCUT2D eigenvalue weighted by atomic mass is 10.1. The predicted octanol–water partition coefficient (Wildman–Crippen LogP) is 3.74. The van der Waals surface area contributed by atoms with Gasteiger partial charge in [0, 0.05) is 11.9 Å². The van der Waals surface area contributed by atoms with Gasteiger partial charge in [0.15, 0.2) is 5.17 Å². The molecule has 6 heteroatoms. The van der Waals surface area contributed by atoms with Crippen LogP contribution in [0.15, 0.2) is 29.4 Å². The summed E-state index contributed by atoms with van der Waals surface area (Å²) in [5.74, 6) is -0.568. The van der Waals surface area contributed by atoms with E-state index in [9.17, 15) is 4.79 Å². The molecule has 1 aromatic carbocycles. The maximum Gasteiger partial charge on any atom is 0.332 e. The molecule has 1 atom stereocenters. The molecule has 3 nitrogen and oxygen atoms in total. The molecule has 0 aliphatic rings. The summed E-state index contributed by atoms with van der Waals surface area (Å²) in [6, 6.07) is 6.94. The first kappa shape index (κ1) is 13.3. The molecule has 0 aromatic heterocycles. The van der Waals surface area contributed by atoms with Crippen molar-refractivity contribution in [2.45, 2.75) is 12.3 Å². The molecule has 1 rings (SSSR count). The third-order valence-electron chi connectivity index (χ3n) is 1.65. The molecule has 0 saturated carbocycles. The van der Waals surface area contributed by atoms with E-state index in [-0.39, 0.29) is 5.17 Å². The van der Waals surface area contributed by atoms with Crippen molar-refractivity contribution in [1.82, 2.24) is 0 Å². The third-order valence-corrected chi connectivity index (χ3v) is 2.83. The number of hydrogen-bond acceptors (Lipinski definition) is 3. The molecule has 16 heavy (non-hydrogen) atoms. The lowest BCUT2D eigenvalue weighted by Gasteiger charge is -2.08. The van der Waals surface area contributed by atoms with Gasteiger partial charge in [0.05, 0.1) is 0 Å². The van der Waals surface area contributed by atoms with Gasteiger partial charge in [-0.3, -0.25) is 0 Å². The molecule has 0 N–H and O–H groups in total. The summed E-state index contributed by atoms with van der Waals surface area (Å²) < 4.78 is 0. The second kappa shape index (κ2) is 6.09. The molecule has 0 spiro atoms. The minimum absolute atomic E-state index is 0.0510. The summed E-state index contributed by atoms with van der Waals surface area (Å²) in [5.41, 5.74) is 0.603. The maximum atomic E-state index is 10.5. The van der Waals surface area contributed by atoms with E-state index in [1.54, 1.807) is 24.3 Å². The molecule has 0 fully saturated rings. The summed E-state index contributed by atoms with van der Waals surface area (Å²) in [5, 5.41) is 3.06. The monoisotopic (exact) mass is 279 g/mol. The normalized spacial score (nSPS) is 13.4. The summed E-state index contributed by atoms with van der Waals surface area (Å²) in [7, 11) is 0. The number of carbonyl (C=O) groups excluding carboxylic acids is 1. The van der Waals surface area contributed by atoms with Gasteiger partial charge in [-0.2, -0.15) is 0 Å². The van der Waals surface area contributed by atoms with Crippen LogP contribution in [0.4, 0.5) is 0 Å². The van der Waals surface area contributed by atoms with Gasteiger partial charge in [0.2, 0.25) is 0 Å². The molecule has 0 aliphatic heterocycles. The maximum absolute atomic E-state index is 10.5. The lowest BCUT2D eigenvalue weighted by molar-refractivity contribution is -0.140. The van der Waals surface area contributed by atoms with Gasteiger partial charge >= 0.3 is 5.97 Å². The number of nitrogens with zero attached hydrogens (tertiary/aromatic N) is 1. The van der Waals surface area contributed by atoms with Crippen LogP contribution < -0.4 is 0 Å². The highest BCUT2D eigenvalue weighted by atomic mass is 35.5. The Morgan fingerprint density at radius 3 is 2.62 bits per heavy atom. The number of alkyl halides is 1. The van der Waals surface area contributed by atoms with E-state index in [1.807, 2.05) is 0 Å². The van der Waals surface area contributed by atoms with Crippen LogP contribution in [0, 0.1) is 0 Å². The highest BCUT2D eigenvalue weighted by Crippen LogP contribution is 2.30. The lowest BCUT2D eigenvalue weighted by Crippen LogP contribution is -2.03. The van der Waals surface area contributed by atoms with Crippen molar-refractivity contribution < 1.29 is 9.63 Å². The van der Waals surface area contributed by atoms with Crippen LogP contribution in [0.1, 0.15) is 17.9 Å². The van der Waals surface area contributed by atoms with Crippen molar-refractivity contribution in [2.24, 2.45) is 5.16 Å². The molecule has 0 saturated heterocycles. The fourth-order valence-electron chi connectivity index (χ4n) is 0.963. The number of rotatable bonds is 3. The summed E-state index contributed by atoms with van der Waals surface area (Å²) >= 11 is 17.7. The molecular weight excluding hydrogens is 272 g/mol. The molecule has 0 heterocycles. The van der Waals surface area contributed by atoms with E-state index in [0.29, 0.717) is 10.6 Å². The largest absolute Gasteiger partial charge is 0.332 e. The van der Waals surface area contributed by atoms with Gasteiger partial charge in [-0.1, -0.05) is 46.6 Å². The first-order valence-electron chi connectivity index (χ1n) is 4.32. The summed E-state index contributed by atoms with van der Waals surface area (Å²) in [6.45, 7) is 1.21. The Balaban J connectivity index is 2.86. The van der Waals surface area contributed by atoms with Crippen LogP contribution in [0.3, 0.4) is 0 Å². The Labute approximate surface area is 108 Å². The molecule has 1 aromatic rings. The molecule has 0 aliphatic carbocycles. The van der Waals surface area contributed by atoms with E-state index < -0.39 is 11.3 Å². The zero-order valence-electron chi connectivity index (χ0n) is 8.28. The third kappa shape index (κ3) is 3.67. The summed E-state index contributed by atoms with van der Waals surface area (Å²) in [6.07, 6.45) is 0. The van der Waals surface area contributed by atoms with Crippen LogP contribution in [0.25, 0.3) is 0 Å². The number of carbonyl (C=O) groups is 1. The van der Waals surface area contributed by atoms with Crippen molar-refractivity contribution in [3.63, 3.8) is 0 Å². The Bertz CT molecular complexity index is 420. The van der Waals surface area contributed by atoms with Gasteiger partial charge in [-0.25, -0.2) is 4.79 Å². The fourth-order valence-corrected chi connectivity index (χ4v) is 1.65. The van der Waals surface area contributed by atoms with Crippen LogP contribution in [0.5, 0.6) is 0 Å². The Kier molecular flexibility index (Phi) is 5.06. The first-order chi connectivity index (χ1) is 7.52. The second-order valence-electron chi connectivity index (χ2n) is 2.88. The van der Waals surface area contributed by atoms with E-state index >= 15 is 0 Å². The minimum atomic E-state index is -0.741. The summed E-state index contributed by atoms with van der Waals surface area (Å²) in [4.78, 5) is 14.9. The first-order valence-corrected chi connectivity index (χ1v) is 5.51. The van der Waals surface area contributed by atoms with Gasteiger partial charge in [-0.15, -0.1) is 11.6 Å². The molecular formula is C10H8Cl3NO2. The Morgan fingerprint density at radius 1 is 1.44 bits per heavy atom. The van der Waals surface area contributed by atoms with Gasteiger partial charge in [0.1, 0.15) is 5.38 Å². The topological polar surface area (TPSA) is 38.7 Å². The van der Waals surface area contributed by atoms with E-state index in [4.69, 9.17) is 34.8 Å². The van der Waals surface area contributed by atoms with Crippen LogP contribution >= 0.6 is 34.8 Å². The van der Waals surface area contributed by atoms with Crippen molar-refractivity contribution in [1.29, 1.82) is 0 Å². The van der Waals surface area contributed by atoms with Crippen LogP contribution in [-0.2, 0) is 9.63 Å². The number of hydrogen-bond donors (Lipinski definition) is 0. The van der Waals surface area contributed by atoms with E-state index in [1.165, 1.54) is 6.92 Å². The average Bonchev–Trinajstić information content (AvgIpc) is 2.25. The highest BCUT2D eigenvalue weighted by Gasteiger charge is 2.17. The average molecular weight is 281 g/mol. The quantitative estimate of drug-likeness (QED) is 0.366. The standard InChI is InChI=1S/C10H8Cl3NO2/c1-6(15)16-14-10(13)9(12)7-4-2-3-5-8(7)11/h2-5,9H,1H3/b14-10-. The molecule has 0 radical (unpaired) electrons. The zero-order chi connectivity index (χ0) is 12.1. The van der Waals surface area contributed by atoms with E-state index in [2.05, 4.69) is 9.99 Å². The van der Waals surface area contributed by atoms with Crippen molar-refractivity contribution in [2.75, 3.05) is 0 Å². The zero-order valence-corrected chi connectivity index (χ0v) is 10.6. The minimum Gasteiger partial charge on any atom is -0.317 e. The predicted molar refractivity (Wildman–Crippen MR) is 65.1 cm³/mol. The highest BCUT2D eigenvalue weighted by molar-refractivity contribution is 6.70. The molecule has 1 unspecified atom stereocenters. The van der Waals surface area contributed by atoms with Gasteiger partial charge < -0.3 is 4.84 Å². The van der Waals surface area contributed by atoms with Gasteiger partial charge in [-0.05, 0) is 11.6 Å². The molecule has 0 amide bonds. The SMILES string of the molecule is CC(=O)O/N=C(\Cl)C(Cl)c1ccccc1Cl.